The molecule has 2 heteroatoms. The second-order valence-corrected chi connectivity index (χ2v) is 9.62. The number of phenolic OH excluding ortho intramolecular Hbond substituents is 1. The molecular formula is C26H34NO+. The number of likely N-dealkylation sites (tertiary alicyclic amines) is 1. The van der Waals surface area contributed by atoms with Gasteiger partial charge in [-0.25, -0.2) is 0 Å². The molecule has 2 nitrogen and oxygen atoms in total. The first-order chi connectivity index (χ1) is 13.3. The summed E-state index contributed by atoms with van der Waals surface area (Å²) >= 11 is 0. The van der Waals surface area contributed by atoms with Gasteiger partial charge in [0.15, 0.2) is 0 Å². The van der Waals surface area contributed by atoms with E-state index < -0.39 is 0 Å². The van der Waals surface area contributed by atoms with Crippen molar-refractivity contribution >= 4 is 0 Å². The van der Waals surface area contributed by atoms with E-state index in [0.717, 1.165) is 24.0 Å². The third-order valence-electron chi connectivity index (χ3n) is 7.70. The lowest BCUT2D eigenvalue weighted by atomic mass is 9.58. The van der Waals surface area contributed by atoms with Crippen LogP contribution >= 0.6 is 0 Å². The van der Waals surface area contributed by atoms with Gasteiger partial charge in [-0.3, -0.25) is 0 Å². The number of hydrogen-bond donors (Lipinski definition) is 1. The normalized spacial score (nSPS) is 31.1. The number of allylic oxidation sites excluding steroid dienone is 1. The maximum atomic E-state index is 10.1. The van der Waals surface area contributed by atoms with Crippen molar-refractivity contribution in [3.05, 3.63) is 76.9 Å². The number of aromatic hydroxyl groups is 1. The highest BCUT2D eigenvalue weighted by Gasteiger charge is 2.55. The van der Waals surface area contributed by atoms with Crippen LogP contribution < -0.4 is 0 Å². The Bertz CT molecular complexity index is 883. The molecule has 2 aromatic carbocycles. The summed E-state index contributed by atoms with van der Waals surface area (Å²) in [6, 6.07) is 17.7. The molecule has 1 N–H and O–H groups in total. The molecule has 2 unspecified atom stereocenters. The number of quaternary nitrogens is 1. The van der Waals surface area contributed by atoms with Gasteiger partial charge in [0.25, 0.3) is 0 Å². The lowest BCUT2D eigenvalue weighted by molar-refractivity contribution is -0.969. The molecule has 0 amide bonds. The van der Waals surface area contributed by atoms with Crippen LogP contribution in [-0.2, 0) is 18.4 Å². The molecule has 0 radical (unpaired) electrons. The molecule has 0 spiro atoms. The van der Waals surface area contributed by atoms with E-state index in [1.807, 2.05) is 12.1 Å². The van der Waals surface area contributed by atoms with E-state index in [1.54, 1.807) is 0 Å². The predicted octanol–water partition coefficient (Wildman–Crippen LogP) is 5.60. The molecule has 2 aromatic rings. The molecule has 4 atom stereocenters. The average Bonchev–Trinajstić information content (AvgIpc) is 2.67. The van der Waals surface area contributed by atoms with Gasteiger partial charge in [-0.2, -0.15) is 0 Å². The third kappa shape index (κ3) is 3.18. The molecule has 1 aliphatic heterocycles. The van der Waals surface area contributed by atoms with Gasteiger partial charge in [0, 0.05) is 29.7 Å². The van der Waals surface area contributed by atoms with Crippen LogP contribution in [0.15, 0.2) is 60.2 Å². The number of phenols is 1. The van der Waals surface area contributed by atoms with E-state index >= 15 is 0 Å². The summed E-state index contributed by atoms with van der Waals surface area (Å²) in [5, 5.41) is 10.1. The Labute approximate surface area is 170 Å². The highest BCUT2D eigenvalue weighted by molar-refractivity contribution is 5.43. The van der Waals surface area contributed by atoms with Gasteiger partial charge >= 0.3 is 0 Å². The van der Waals surface area contributed by atoms with Crippen molar-refractivity contribution in [2.45, 2.75) is 58.5 Å². The van der Waals surface area contributed by atoms with Gasteiger partial charge in [0.2, 0.25) is 0 Å². The number of nitrogens with zero attached hydrogens (tertiary/aromatic N) is 1. The summed E-state index contributed by atoms with van der Waals surface area (Å²) in [5.41, 5.74) is 5.83. The smallest absolute Gasteiger partial charge is 0.115 e. The number of piperidine rings is 1. The minimum Gasteiger partial charge on any atom is -0.508 e. The van der Waals surface area contributed by atoms with Crippen molar-refractivity contribution in [1.82, 2.24) is 0 Å². The van der Waals surface area contributed by atoms with Crippen molar-refractivity contribution in [3.8, 4) is 5.75 Å². The zero-order chi connectivity index (χ0) is 19.9. The summed E-state index contributed by atoms with van der Waals surface area (Å²) in [7, 11) is 0. The van der Waals surface area contributed by atoms with E-state index in [9.17, 15) is 5.11 Å². The second-order valence-electron chi connectivity index (χ2n) is 9.62. The summed E-state index contributed by atoms with van der Waals surface area (Å²) in [4.78, 5) is 0. The quantitative estimate of drug-likeness (QED) is 0.544. The fourth-order valence-electron chi connectivity index (χ4n) is 5.80. The van der Waals surface area contributed by atoms with Gasteiger partial charge < -0.3 is 9.59 Å². The van der Waals surface area contributed by atoms with Crippen molar-refractivity contribution in [2.24, 2.45) is 5.92 Å². The van der Waals surface area contributed by atoms with Gasteiger partial charge in [-0.15, -0.1) is 0 Å². The molecular weight excluding hydrogens is 342 g/mol. The van der Waals surface area contributed by atoms with Crippen molar-refractivity contribution in [3.63, 3.8) is 0 Å². The van der Waals surface area contributed by atoms with Gasteiger partial charge in [0.1, 0.15) is 12.3 Å². The lowest BCUT2D eigenvalue weighted by Gasteiger charge is -2.59. The van der Waals surface area contributed by atoms with E-state index in [1.165, 1.54) is 35.2 Å². The first kappa shape index (κ1) is 19.3. The second kappa shape index (κ2) is 7.08. The van der Waals surface area contributed by atoms with Crippen LogP contribution in [0.4, 0.5) is 0 Å². The van der Waals surface area contributed by atoms with Crippen LogP contribution in [0.25, 0.3) is 0 Å². The minimum atomic E-state index is 0.153. The largest absolute Gasteiger partial charge is 0.508 e. The summed E-state index contributed by atoms with van der Waals surface area (Å²) < 4.78 is 1.15. The Balaban J connectivity index is 1.78. The molecule has 1 fully saturated rings. The molecule has 1 heterocycles. The van der Waals surface area contributed by atoms with Crippen LogP contribution in [0.2, 0.25) is 0 Å². The van der Waals surface area contributed by atoms with Crippen LogP contribution in [0.5, 0.6) is 5.75 Å². The first-order valence-corrected chi connectivity index (χ1v) is 10.7. The monoisotopic (exact) mass is 376 g/mol. The molecule has 148 valence electrons. The number of fused-ring (bicyclic) bond motifs is 4. The molecule has 0 aromatic heterocycles. The predicted molar refractivity (Wildman–Crippen MR) is 116 cm³/mol. The van der Waals surface area contributed by atoms with E-state index in [0.29, 0.717) is 17.7 Å². The van der Waals surface area contributed by atoms with Crippen LogP contribution in [-0.4, -0.2) is 28.7 Å². The van der Waals surface area contributed by atoms with Crippen LogP contribution in [0, 0.1) is 5.92 Å². The molecule has 4 rings (SSSR count). The average molecular weight is 377 g/mol. The Kier molecular flexibility index (Phi) is 4.87. The fraction of sp³-hybridized carbons (Fsp3) is 0.462. The van der Waals surface area contributed by atoms with Crippen LogP contribution in [0.3, 0.4) is 0 Å². The Morgan fingerprint density at radius 1 is 1.18 bits per heavy atom. The highest BCUT2D eigenvalue weighted by Crippen LogP contribution is 2.52. The summed E-state index contributed by atoms with van der Waals surface area (Å²) in [5.74, 6) is 0.996. The fourth-order valence-corrected chi connectivity index (χ4v) is 5.80. The number of rotatable bonds is 4. The van der Waals surface area contributed by atoms with Gasteiger partial charge in [0.05, 0.1) is 19.1 Å². The maximum Gasteiger partial charge on any atom is 0.115 e. The van der Waals surface area contributed by atoms with Gasteiger partial charge in [-0.1, -0.05) is 55.8 Å². The Morgan fingerprint density at radius 2 is 1.93 bits per heavy atom. The van der Waals surface area contributed by atoms with Crippen molar-refractivity contribution in [1.29, 1.82) is 0 Å². The molecule has 28 heavy (non-hydrogen) atoms. The molecule has 2 aliphatic rings. The topological polar surface area (TPSA) is 20.2 Å². The third-order valence-corrected chi connectivity index (χ3v) is 7.70. The molecule has 1 aliphatic carbocycles. The summed E-state index contributed by atoms with van der Waals surface area (Å²) in [6.45, 7) is 12.7. The molecule has 0 saturated carbocycles. The van der Waals surface area contributed by atoms with Gasteiger partial charge in [-0.05, 0) is 43.2 Å². The van der Waals surface area contributed by atoms with Crippen LogP contribution in [0.1, 0.15) is 50.8 Å². The van der Waals surface area contributed by atoms with E-state index in [4.69, 9.17) is 0 Å². The molecule has 1 saturated heterocycles. The zero-order valence-electron chi connectivity index (χ0n) is 17.8. The standard InChI is InChI=1S/C26H33NO/c1-19(2)12-14-27(18-21-8-6-5-7-9-21)15-13-26(4)20(3)25(27)16-22-10-11-23(28)17-24(22)26/h5-12,17,20,25H,13-16,18H2,1-4H3/p+1/t20?,25-,26-,27?/m1/s1. The lowest BCUT2D eigenvalue weighted by Crippen LogP contribution is -2.67. The number of benzene rings is 2. The Hall–Kier alpha value is -2.06. The van der Waals surface area contributed by atoms with E-state index in [2.05, 4.69) is 70.2 Å². The SMILES string of the molecule is CC(C)=CC[N+]1(Cc2ccccc2)CC[C@@]2(C)c3cc(O)ccc3C[C@@H]1C2C. The first-order valence-electron chi connectivity index (χ1n) is 10.7. The Morgan fingerprint density at radius 3 is 2.64 bits per heavy atom. The van der Waals surface area contributed by atoms with Crippen molar-refractivity contribution in [2.75, 3.05) is 13.1 Å². The van der Waals surface area contributed by atoms with E-state index in [-0.39, 0.29) is 5.41 Å². The molecule has 2 bridgehead atoms. The summed E-state index contributed by atoms with van der Waals surface area (Å²) in [6.07, 6.45) is 4.73. The number of hydrogen-bond acceptors (Lipinski definition) is 1. The van der Waals surface area contributed by atoms with Crippen molar-refractivity contribution < 1.29 is 9.59 Å². The highest BCUT2D eigenvalue weighted by atomic mass is 16.3. The minimum absolute atomic E-state index is 0.153. The maximum absolute atomic E-state index is 10.1. The zero-order valence-corrected chi connectivity index (χ0v) is 17.8.